The highest BCUT2D eigenvalue weighted by molar-refractivity contribution is 6.30. The molecule has 0 aliphatic carbocycles. The first-order valence-electron chi connectivity index (χ1n) is 4.52. The van der Waals surface area contributed by atoms with Crippen LogP contribution in [0.3, 0.4) is 0 Å². The summed E-state index contributed by atoms with van der Waals surface area (Å²) in [5.41, 5.74) is 6.48. The van der Waals surface area contributed by atoms with E-state index in [2.05, 4.69) is 15.5 Å². The van der Waals surface area contributed by atoms with Gasteiger partial charge in [-0.05, 0) is 24.3 Å². The van der Waals surface area contributed by atoms with Crippen molar-refractivity contribution in [2.45, 2.75) is 0 Å². The number of nitrogens with two attached hydrogens (primary N) is 1. The van der Waals surface area contributed by atoms with E-state index in [0.717, 1.165) is 0 Å². The number of rotatable bonds is 2. The molecule has 0 saturated heterocycles. The van der Waals surface area contributed by atoms with Crippen LogP contribution in [0.25, 0.3) is 0 Å². The van der Waals surface area contributed by atoms with E-state index < -0.39 is 0 Å². The number of H-pyrrole nitrogens is 1. The number of aromatic amines is 1. The molecule has 1 amide bonds. The molecule has 1 aromatic carbocycles. The van der Waals surface area contributed by atoms with Crippen LogP contribution in [0.5, 0.6) is 0 Å². The third-order valence-corrected chi connectivity index (χ3v) is 2.27. The fraction of sp³-hybridized carbons (Fsp3) is 0. The highest BCUT2D eigenvalue weighted by atomic mass is 35.5. The predicted molar refractivity (Wildman–Crippen MR) is 62.4 cm³/mol. The van der Waals surface area contributed by atoms with Crippen molar-refractivity contribution in [1.29, 1.82) is 0 Å². The van der Waals surface area contributed by atoms with Crippen molar-refractivity contribution in [2.24, 2.45) is 0 Å². The van der Waals surface area contributed by atoms with Crippen LogP contribution in [0.1, 0.15) is 10.4 Å². The molecular weight excluding hydrogens is 228 g/mol. The molecule has 1 aromatic heterocycles. The maximum atomic E-state index is 11.7. The van der Waals surface area contributed by atoms with E-state index in [1.54, 1.807) is 24.3 Å². The van der Waals surface area contributed by atoms with Crippen molar-refractivity contribution in [1.82, 2.24) is 10.2 Å². The molecule has 0 saturated carbocycles. The molecule has 2 rings (SSSR count). The lowest BCUT2D eigenvalue weighted by molar-refractivity contribution is 0.102. The lowest BCUT2D eigenvalue weighted by Gasteiger charge is -2.03. The summed E-state index contributed by atoms with van der Waals surface area (Å²) in [4.78, 5) is 11.7. The Kier molecular flexibility index (Phi) is 2.78. The highest BCUT2D eigenvalue weighted by Crippen LogP contribution is 2.15. The van der Waals surface area contributed by atoms with E-state index in [4.69, 9.17) is 17.3 Å². The Morgan fingerprint density at radius 1 is 1.38 bits per heavy atom. The number of aromatic nitrogens is 2. The topological polar surface area (TPSA) is 83.8 Å². The summed E-state index contributed by atoms with van der Waals surface area (Å²) in [5, 5.41) is 9.44. The molecule has 16 heavy (non-hydrogen) atoms. The number of nitrogen functional groups attached to an aromatic ring is 1. The molecule has 0 aliphatic heterocycles. The van der Waals surface area contributed by atoms with Gasteiger partial charge in [0, 0.05) is 10.7 Å². The van der Waals surface area contributed by atoms with Crippen LogP contribution in [0.4, 0.5) is 11.5 Å². The van der Waals surface area contributed by atoms with Crippen LogP contribution < -0.4 is 11.1 Å². The molecule has 2 aromatic rings. The lowest BCUT2D eigenvalue weighted by Crippen LogP contribution is -2.12. The van der Waals surface area contributed by atoms with Gasteiger partial charge in [0.15, 0.2) is 0 Å². The van der Waals surface area contributed by atoms with Gasteiger partial charge in [-0.15, -0.1) is 0 Å². The number of nitrogens with one attached hydrogen (secondary N) is 2. The van der Waals surface area contributed by atoms with E-state index in [-0.39, 0.29) is 11.7 Å². The summed E-state index contributed by atoms with van der Waals surface area (Å²) in [7, 11) is 0. The number of carbonyl (C=O) groups excluding carboxylic acids is 1. The van der Waals surface area contributed by atoms with Gasteiger partial charge < -0.3 is 11.1 Å². The van der Waals surface area contributed by atoms with Crippen molar-refractivity contribution in [3.05, 3.63) is 41.0 Å². The minimum atomic E-state index is -0.312. The molecule has 0 spiro atoms. The Balaban J connectivity index is 2.14. The zero-order valence-electron chi connectivity index (χ0n) is 8.20. The molecule has 4 N–H and O–H groups in total. The molecule has 0 atom stereocenters. The second-order valence-corrected chi connectivity index (χ2v) is 3.59. The smallest absolute Gasteiger partial charge is 0.261 e. The van der Waals surface area contributed by atoms with Crippen molar-refractivity contribution >= 4 is 29.0 Å². The predicted octanol–water partition coefficient (Wildman–Crippen LogP) is 1.90. The van der Waals surface area contributed by atoms with Gasteiger partial charge in [-0.3, -0.25) is 9.89 Å². The largest absolute Gasteiger partial charge is 0.383 e. The van der Waals surface area contributed by atoms with Gasteiger partial charge in [-0.1, -0.05) is 11.6 Å². The molecular formula is C10H9ClN4O. The Labute approximate surface area is 96.6 Å². The zero-order chi connectivity index (χ0) is 11.5. The summed E-state index contributed by atoms with van der Waals surface area (Å²) < 4.78 is 0. The summed E-state index contributed by atoms with van der Waals surface area (Å²) in [6.07, 6.45) is 1.38. The van der Waals surface area contributed by atoms with E-state index in [9.17, 15) is 4.79 Å². The number of hydrogen-bond acceptors (Lipinski definition) is 3. The average Bonchev–Trinajstić information content (AvgIpc) is 2.68. The number of hydrogen-bond donors (Lipinski definition) is 3. The molecule has 0 unspecified atom stereocenters. The maximum Gasteiger partial charge on any atom is 0.261 e. The Hall–Kier alpha value is -2.01. The van der Waals surface area contributed by atoms with E-state index in [1.807, 2.05) is 0 Å². The summed E-state index contributed by atoms with van der Waals surface area (Å²) >= 11 is 5.73. The minimum Gasteiger partial charge on any atom is -0.383 e. The zero-order valence-corrected chi connectivity index (χ0v) is 8.95. The van der Waals surface area contributed by atoms with Crippen molar-refractivity contribution in [3.8, 4) is 0 Å². The van der Waals surface area contributed by atoms with Gasteiger partial charge in [-0.25, -0.2) is 0 Å². The molecule has 6 heteroatoms. The first kappa shape index (κ1) is 10.5. The first-order chi connectivity index (χ1) is 7.66. The highest BCUT2D eigenvalue weighted by Gasteiger charge is 2.11. The van der Waals surface area contributed by atoms with Crippen molar-refractivity contribution in [3.63, 3.8) is 0 Å². The van der Waals surface area contributed by atoms with Crippen molar-refractivity contribution in [2.75, 3.05) is 11.1 Å². The monoisotopic (exact) mass is 236 g/mol. The summed E-state index contributed by atoms with van der Waals surface area (Å²) in [6.45, 7) is 0. The average molecular weight is 237 g/mol. The molecule has 1 heterocycles. The van der Waals surface area contributed by atoms with Gasteiger partial charge in [0.25, 0.3) is 5.91 Å². The normalized spacial score (nSPS) is 10.1. The van der Waals surface area contributed by atoms with Crippen LogP contribution in [0, 0.1) is 0 Å². The van der Waals surface area contributed by atoms with E-state index >= 15 is 0 Å². The standard InChI is InChI=1S/C10H9ClN4O/c11-6-1-3-7(4-2-6)14-10(16)8-5-13-15-9(8)12/h1-5H,(H,14,16)(H3,12,13,15). The maximum absolute atomic E-state index is 11.7. The Bertz CT molecular complexity index is 506. The number of amides is 1. The summed E-state index contributed by atoms with van der Waals surface area (Å²) in [6, 6.07) is 6.79. The number of halogens is 1. The van der Waals surface area contributed by atoms with E-state index in [1.165, 1.54) is 6.20 Å². The third kappa shape index (κ3) is 2.14. The number of carbonyl (C=O) groups is 1. The van der Waals surface area contributed by atoms with Gasteiger partial charge in [0.05, 0.1) is 6.20 Å². The Morgan fingerprint density at radius 2 is 2.06 bits per heavy atom. The van der Waals surface area contributed by atoms with Crippen LogP contribution >= 0.6 is 11.6 Å². The molecule has 82 valence electrons. The van der Waals surface area contributed by atoms with Gasteiger partial charge >= 0.3 is 0 Å². The molecule has 5 nitrogen and oxygen atoms in total. The quantitative estimate of drug-likeness (QED) is 0.745. The second kappa shape index (κ2) is 4.24. The molecule has 0 radical (unpaired) electrons. The van der Waals surface area contributed by atoms with Gasteiger partial charge in [-0.2, -0.15) is 5.10 Å². The van der Waals surface area contributed by atoms with E-state index in [0.29, 0.717) is 16.3 Å². The van der Waals surface area contributed by atoms with Crippen LogP contribution in [-0.4, -0.2) is 16.1 Å². The van der Waals surface area contributed by atoms with Crippen LogP contribution in [-0.2, 0) is 0 Å². The minimum absolute atomic E-state index is 0.242. The van der Waals surface area contributed by atoms with Gasteiger partial charge in [0.2, 0.25) is 0 Å². The van der Waals surface area contributed by atoms with Gasteiger partial charge in [0.1, 0.15) is 11.4 Å². The SMILES string of the molecule is Nc1[nH]ncc1C(=O)Nc1ccc(Cl)cc1. The number of anilines is 2. The molecule has 0 fully saturated rings. The van der Waals surface area contributed by atoms with Crippen LogP contribution in [0.2, 0.25) is 5.02 Å². The summed E-state index contributed by atoms with van der Waals surface area (Å²) in [5.74, 6) is -0.0694. The fourth-order valence-corrected chi connectivity index (χ4v) is 1.33. The third-order valence-electron chi connectivity index (χ3n) is 2.02. The van der Waals surface area contributed by atoms with Crippen molar-refractivity contribution < 1.29 is 4.79 Å². The number of nitrogens with zero attached hydrogens (tertiary/aromatic N) is 1. The fourth-order valence-electron chi connectivity index (χ4n) is 1.21. The molecule has 0 bridgehead atoms. The second-order valence-electron chi connectivity index (χ2n) is 3.16. The number of benzene rings is 1. The molecule has 0 aliphatic rings. The van der Waals surface area contributed by atoms with Crippen LogP contribution in [0.15, 0.2) is 30.5 Å². The first-order valence-corrected chi connectivity index (χ1v) is 4.90. The lowest BCUT2D eigenvalue weighted by atomic mass is 10.2. The Morgan fingerprint density at radius 3 is 2.62 bits per heavy atom.